The largest absolute Gasteiger partial charge is 0.304 e. The van der Waals surface area contributed by atoms with E-state index >= 15 is 0 Å². The van der Waals surface area contributed by atoms with Crippen LogP contribution in [0.5, 0.6) is 0 Å². The van der Waals surface area contributed by atoms with Crippen LogP contribution in [0.3, 0.4) is 0 Å². The number of pyridine rings is 1. The third kappa shape index (κ3) is 1.21. The van der Waals surface area contributed by atoms with Crippen LogP contribution in [-0.4, -0.2) is 9.38 Å². The molecule has 0 saturated carbocycles. The highest BCUT2D eigenvalue weighted by atomic mass is 35.5. The Bertz CT molecular complexity index is 518. The predicted octanol–water partition coefficient (Wildman–Crippen LogP) is 1.66. The van der Waals surface area contributed by atoms with Gasteiger partial charge < -0.3 is 4.40 Å². The fraction of sp³-hybridized carbons (Fsp3) is 0.111. The number of hydrogen-bond acceptors (Lipinski definition) is 2. The molecule has 0 aromatic carbocycles. The minimum atomic E-state index is -0.370. The molecule has 0 fully saturated rings. The highest BCUT2D eigenvalue weighted by Crippen LogP contribution is 2.09. The Morgan fingerprint density at radius 2 is 2.23 bits per heavy atom. The van der Waals surface area contributed by atoms with Crippen LogP contribution in [0, 0.1) is 6.92 Å². The van der Waals surface area contributed by atoms with Gasteiger partial charge in [-0.05, 0) is 19.1 Å². The average molecular weight is 195 g/mol. The second-order valence-corrected chi connectivity index (χ2v) is 3.12. The Hall–Kier alpha value is -1.35. The van der Waals surface area contributed by atoms with Crippen molar-refractivity contribution in [3.63, 3.8) is 0 Å². The zero-order valence-electron chi connectivity index (χ0n) is 6.99. The van der Waals surface area contributed by atoms with Gasteiger partial charge >= 0.3 is 0 Å². The van der Waals surface area contributed by atoms with Crippen molar-refractivity contribution in [2.24, 2.45) is 0 Å². The summed E-state index contributed by atoms with van der Waals surface area (Å²) < 4.78 is 1.78. The Labute approximate surface area is 79.6 Å². The van der Waals surface area contributed by atoms with E-state index < -0.39 is 0 Å². The van der Waals surface area contributed by atoms with Crippen molar-refractivity contribution >= 4 is 17.2 Å². The lowest BCUT2D eigenvalue weighted by Gasteiger charge is -2.04. The minimum Gasteiger partial charge on any atom is -0.304 e. The summed E-state index contributed by atoms with van der Waals surface area (Å²) in [5, 5.41) is 0.184. The summed E-state index contributed by atoms with van der Waals surface area (Å²) in [5.74, 6) is 0. The van der Waals surface area contributed by atoms with E-state index in [0.29, 0.717) is 5.65 Å². The van der Waals surface area contributed by atoms with Gasteiger partial charge in [-0.15, -0.1) is 0 Å². The molecule has 0 aliphatic carbocycles. The van der Waals surface area contributed by atoms with Crippen LogP contribution < -0.4 is 5.56 Å². The first kappa shape index (κ1) is 8.26. The Balaban J connectivity index is 3.02. The van der Waals surface area contributed by atoms with Gasteiger partial charge in [-0.25, -0.2) is 0 Å². The number of rotatable bonds is 0. The smallest absolute Gasteiger partial charge is 0.292 e. The first-order chi connectivity index (χ1) is 6.20. The maximum atomic E-state index is 11.2. The van der Waals surface area contributed by atoms with E-state index in [2.05, 4.69) is 4.98 Å². The van der Waals surface area contributed by atoms with Crippen LogP contribution >= 0.6 is 11.6 Å². The number of aromatic nitrogens is 2. The summed E-state index contributed by atoms with van der Waals surface area (Å²) in [6, 6.07) is 5.46. The lowest BCUT2D eigenvalue weighted by Crippen LogP contribution is -2.12. The molecule has 0 radical (unpaired) electrons. The second-order valence-electron chi connectivity index (χ2n) is 2.75. The van der Waals surface area contributed by atoms with Crippen LogP contribution in [0.1, 0.15) is 5.69 Å². The number of hydrogen-bond donors (Lipinski definition) is 0. The second kappa shape index (κ2) is 2.85. The highest BCUT2D eigenvalue weighted by Gasteiger charge is 2.04. The molecule has 0 atom stereocenters. The monoisotopic (exact) mass is 194 g/mol. The fourth-order valence-electron chi connectivity index (χ4n) is 1.22. The fourth-order valence-corrected chi connectivity index (χ4v) is 1.36. The van der Waals surface area contributed by atoms with Gasteiger partial charge in [0.05, 0.1) is 0 Å². The van der Waals surface area contributed by atoms with Crippen LogP contribution in [0.25, 0.3) is 5.65 Å². The van der Waals surface area contributed by atoms with E-state index in [-0.39, 0.29) is 10.6 Å². The van der Waals surface area contributed by atoms with Gasteiger partial charge in [-0.2, -0.15) is 4.98 Å². The Morgan fingerprint density at radius 3 is 3.00 bits per heavy atom. The standard InChI is InChI=1S/C9H7ClN2O/c1-6-8(10)9(13)11-7-4-2-3-5-12(6)7/h2-5H,1H3. The summed E-state index contributed by atoms with van der Waals surface area (Å²) in [6.07, 6.45) is 1.82. The van der Waals surface area contributed by atoms with Crippen molar-refractivity contribution in [2.45, 2.75) is 6.92 Å². The molecule has 2 heterocycles. The average Bonchev–Trinajstić information content (AvgIpc) is 2.15. The minimum absolute atomic E-state index is 0.184. The van der Waals surface area contributed by atoms with Gasteiger partial charge in [0.1, 0.15) is 10.7 Å². The molecule has 2 aromatic heterocycles. The molecule has 0 saturated heterocycles. The predicted molar refractivity (Wildman–Crippen MR) is 51.2 cm³/mol. The van der Waals surface area contributed by atoms with Crippen LogP contribution in [0.15, 0.2) is 29.2 Å². The summed E-state index contributed by atoms with van der Waals surface area (Å²) in [7, 11) is 0. The van der Waals surface area contributed by atoms with E-state index in [4.69, 9.17) is 11.6 Å². The lowest BCUT2D eigenvalue weighted by atomic mass is 10.4. The molecule has 0 amide bonds. The molecule has 13 heavy (non-hydrogen) atoms. The molecule has 3 nitrogen and oxygen atoms in total. The maximum absolute atomic E-state index is 11.2. The molecule has 66 valence electrons. The molecule has 0 spiro atoms. The third-order valence-corrected chi connectivity index (χ3v) is 2.36. The SMILES string of the molecule is Cc1c(Cl)c(=O)nc2ccccn12. The van der Waals surface area contributed by atoms with Gasteiger partial charge in [-0.3, -0.25) is 4.79 Å². The molecule has 0 aliphatic rings. The van der Waals surface area contributed by atoms with Gasteiger partial charge in [0.15, 0.2) is 0 Å². The number of aryl methyl sites for hydroxylation is 1. The molecule has 0 unspecified atom stereocenters. The maximum Gasteiger partial charge on any atom is 0.292 e. The van der Waals surface area contributed by atoms with Gasteiger partial charge in [0, 0.05) is 11.9 Å². The van der Waals surface area contributed by atoms with Crippen LogP contribution in [-0.2, 0) is 0 Å². The zero-order chi connectivity index (χ0) is 9.42. The van der Waals surface area contributed by atoms with Crippen LogP contribution in [0.4, 0.5) is 0 Å². The Kier molecular flexibility index (Phi) is 1.81. The van der Waals surface area contributed by atoms with E-state index in [1.54, 1.807) is 17.4 Å². The van der Waals surface area contributed by atoms with Crippen molar-refractivity contribution in [3.8, 4) is 0 Å². The zero-order valence-corrected chi connectivity index (χ0v) is 7.75. The van der Waals surface area contributed by atoms with Crippen molar-refractivity contribution in [3.05, 3.63) is 45.5 Å². The van der Waals surface area contributed by atoms with Gasteiger partial charge in [-0.1, -0.05) is 17.7 Å². The Morgan fingerprint density at radius 1 is 1.46 bits per heavy atom. The first-order valence-electron chi connectivity index (χ1n) is 3.83. The van der Waals surface area contributed by atoms with Gasteiger partial charge in [0.2, 0.25) is 0 Å². The van der Waals surface area contributed by atoms with Crippen molar-refractivity contribution in [2.75, 3.05) is 0 Å². The number of halogens is 1. The van der Waals surface area contributed by atoms with Crippen LogP contribution in [0.2, 0.25) is 5.02 Å². The summed E-state index contributed by atoms with van der Waals surface area (Å²) in [5.41, 5.74) is 0.969. The highest BCUT2D eigenvalue weighted by molar-refractivity contribution is 6.31. The lowest BCUT2D eigenvalue weighted by molar-refractivity contribution is 1.01. The van der Waals surface area contributed by atoms with E-state index in [1.807, 2.05) is 18.3 Å². The number of nitrogens with zero attached hydrogens (tertiary/aromatic N) is 2. The summed E-state index contributed by atoms with van der Waals surface area (Å²) >= 11 is 5.76. The molecule has 4 heteroatoms. The molecular weight excluding hydrogens is 188 g/mol. The van der Waals surface area contributed by atoms with E-state index in [1.165, 1.54) is 0 Å². The molecular formula is C9H7ClN2O. The third-order valence-electron chi connectivity index (χ3n) is 1.92. The number of fused-ring (bicyclic) bond motifs is 1. The van der Waals surface area contributed by atoms with Crippen molar-refractivity contribution < 1.29 is 0 Å². The molecule has 2 rings (SSSR count). The van der Waals surface area contributed by atoms with Crippen molar-refractivity contribution in [1.29, 1.82) is 0 Å². The van der Waals surface area contributed by atoms with E-state index in [0.717, 1.165) is 5.69 Å². The van der Waals surface area contributed by atoms with Gasteiger partial charge in [0.25, 0.3) is 5.56 Å². The van der Waals surface area contributed by atoms with Crippen molar-refractivity contribution in [1.82, 2.24) is 9.38 Å². The quantitative estimate of drug-likeness (QED) is 0.639. The molecule has 0 aliphatic heterocycles. The summed E-state index contributed by atoms with van der Waals surface area (Å²) in [4.78, 5) is 15.0. The topological polar surface area (TPSA) is 34.4 Å². The first-order valence-corrected chi connectivity index (χ1v) is 4.21. The van der Waals surface area contributed by atoms with E-state index in [9.17, 15) is 4.79 Å². The molecule has 0 N–H and O–H groups in total. The normalized spacial score (nSPS) is 10.6. The molecule has 2 aromatic rings. The molecule has 0 bridgehead atoms. The summed E-state index contributed by atoms with van der Waals surface area (Å²) in [6.45, 7) is 1.79.